The minimum absolute atomic E-state index is 0.700. The summed E-state index contributed by atoms with van der Waals surface area (Å²) >= 11 is 0. The second-order valence-electron chi connectivity index (χ2n) is 4.37. The third-order valence-corrected chi connectivity index (χ3v) is 3.14. The monoisotopic (exact) mass is 221 g/mol. The molecule has 1 aromatic carbocycles. The van der Waals surface area contributed by atoms with Crippen LogP contribution in [-0.4, -0.2) is 13.7 Å². The Kier molecular flexibility index (Phi) is 3.54. The molecule has 0 radical (unpaired) electrons. The number of nitrogens with two attached hydrogens (primary N) is 1. The van der Waals surface area contributed by atoms with Gasteiger partial charge in [0.05, 0.1) is 13.7 Å². The summed E-state index contributed by atoms with van der Waals surface area (Å²) in [6.07, 6.45) is 5.24. The van der Waals surface area contributed by atoms with E-state index >= 15 is 0 Å². The average Bonchev–Trinajstić information content (AvgIpc) is 2.79. The molecule has 0 bridgehead atoms. The number of nitrogen functional groups attached to an aromatic ring is 1. The Bertz CT molecular complexity index is 346. The number of anilines is 1. The molecule has 0 spiro atoms. The number of ether oxygens (including phenoxy) is 2. The average molecular weight is 221 g/mol. The van der Waals surface area contributed by atoms with Gasteiger partial charge in [-0.1, -0.05) is 12.8 Å². The fourth-order valence-corrected chi connectivity index (χ4v) is 2.19. The molecule has 88 valence electrons. The fraction of sp³-hybridized carbons (Fsp3) is 0.538. The van der Waals surface area contributed by atoms with Gasteiger partial charge >= 0.3 is 0 Å². The van der Waals surface area contributed by atoms with Crippen molar-refractivity contribution >= 4 is 5.69 Å². The Balaban J connectivity index is 1.98. The zero-order chi connectivity index (χ0) is 11.4. The molecule has 1 aromatic rings. The lowest BCUT2D eigenvalue weighted by Crippen LogP contribution is -2.08. The molecule has 0 aromatic heterocycles. The fourth-order valence-electron chi connectivity index (χ4n) is 2.19. The first-order chi connectivity index (χ1) is 7.79. The Morgan fingerprint density at radius 2 is 2.00 bits per heavy atom. The van der Waals surface area contributed by atoms with Crippen LogP contribution in [0.4, 0.5) is 5.69 Å². The van der Waals surface area contributed by atoms with Crippen LogP contribution >= 0.6 is 0 Å². The third-order valence-electron chi connectivity index (χ3n) is 3.14. The lowest BCUT2D eigenvalue weighted by atomic mass is 10.1. The van der Waals surface area contributed by atoms with Gasteiger partial charge in [0.15, 0.2) is 11.5 Å². The van der Waals surface area contributed by atoms with Crippen molar-refractivity contribution in [2.24, 2.45) is 5.92 Å². The van der Waals surface area contributed by atoms with Crippen LogP contribution in [0.1, 0.15) is 25.7 Å². The Hall–Kier alpha value is -1.38. The van der Waals surface area contributed by atoms with Crippen molar-refractivity contribution in [3.05, 3.63) is 18.2 Å². The molecule has 0 heterocycles. The normalized spacial score (nSPS) is 16.3. The van der Waals surface area contributed by atoms with E-state index in [1.807, 2.05) is 18.2 Å². The quantitative estimate of drug-likeness (QED) is 0.795. The second-order valence-corrected chi connectivity index (χ2v) is 4.37. The van der Waals surface area contributed by atoms with E-state index in [0.29, 0.717) is 11.6 Å². The van der Waals surface area contributed by atoms with Gasteiger partial charge in [-0.25, -0.2) is 0 Å². The predicted octanol–water partition coefficient (Wildman–Crippen LogP) is 2.85. The van der Waals surface area contributed by atoms with E-state index in [2.05, 4.69) is 0 Å². The summed E-state index contributed by atoms with van der Waals surface area (Å²) in [5.74, 6) is 2.22. The molecule has 1 saturated carbocycles. The summed E-state index contributed by atoms with van der Waals surface area (Å²) in [6, 6.07) is 5.49. The Morgan fingerprint density at radius 1 is 1.25 bits per heavy atom. The molecule has 0 unspecified atom stereocenters. The van der Waals surface area contributed by atoms with Crippen molar-refractivity contribution in [1.82, 2.24) is 0 Å². The summed E-state index contributed by atoms with van der Waals surface area (Å²) in [7, 11) is 1.65. The van der Waals surface area contributed by atoms with Crippen LogP contribution in [0.25, 0.3) is 0 Å². The van der Waals surface area contributed by atoms with Crippen LogP contribution in [-0.2, 0) is 0 Å². The number of benzene rings is 1. The first kappa shape index (κ1) is 11.1. The molecule has 3 heteroatoms. The van der Waals surface area contributed by atoms with E-state index in [-0.39, 0.29) is 0 Å². The summed E-state index contributed by atoms with van der Waals surface area (Å²) in [4.78, 5) is 0. The zero-order valence-electron chi connectivity index (χ0n) is 9.74. The van der Waals surface area contributed by atoms with Crippen molar-refractivity contribution in [2.75, 3.05) is 19.5 Å². The van der Waals surface area contributed by atoms with E-state index in [9.17, 15) is 0 Å². The standard InChI is InChI=1S/C13H19NO2/c1-15-12-7-6-11(14)8-13(12)16-9-10-4-2-3-5-10/h6-8,10H,2-5,9,14H2,1H3. The Morgan fingerprint density at radius 3 is 2.69 bits per heavy atom. The van der Waals surface area contributed by atoms with Crippen LogP contribution in [0, 0.1) is 5.92 Å². The summed E-state index contributed by atoms with van der Waals surface area (Å²) in [6.45, 7) is 0.778. The SMILES string of the molecule is COc1ccc(N)cc1OCC1CCCC1. The maximum Gasteiger partial charge on any atom is 0.163 e. The van der Waals surface area contributed by atoms with Crippen LogP contribution in [0.5, 0.6) is 11.5 Å². The van der Waals surface area contributed by atoms with Crippen LogP contribution < -0.4 is 15.2 Å². The third kappa shape index (κ3) is 2.60. The first-order valence-corrected chi connectivity index (χ1v) is 5.86. The van der Waals surface area contributed by atoms with Gasteiger partial charge < -0.3 is 15.2 Å². The van der Waals surface area contributed by atoms with E-state index in [1.54, 1.807) is 7.11 Å². The molecule has 1 aliphatic rings. The second kappa shape index (κ2) is 5.10. The van der Waals surface area contributed by atoms with Gasteiger partial charge in [0.2, 0.25) is 0 Å². The van der Waals surface area contributed by atoms with Crippen LogP contribution in [0.15, 0.2) is 18.2 Å². The van der Waals surface area contributed by atoms with Gasteiger partial charge in [0, 0.05) is 11.8 Å². The topological polar surface area (TPSA) is 44.5 Å². The van der Waals surface area contributed by atoms with E-state index in [4.69, 9.17) is 15.2 Å². The maximum atomic E-state index is 5.79. The molecule has 2 rings (SSSR count). The van der Waals surface area contributed by atoms with Crippen molar-refractivity contribution in [3.8, 4) is 11.5 Å². The molecule has 16 heavy (non-hydrogen) atoms. The van der Waals surface area contributed by atoms with Crippen molar-refractivity contribution in [3.63, 3.8) is 0 Å². The van der Waals surface area contributed by atoms with Gasteiger partial charge in [-0.15, -0.1) is 0 Å². The minimum atomic E-state index is 0.700. The lowest BCUT2D eigenvalue weighted by molar-refractivity contribution is 0.241. The molecule has 0 saturated heterocycles. The van der Waals surface area contributed by atoms with Crippen LogP contribution in [0.3, 0.4) is 0 Å². The Labute approximate surface area is 96.5 Å². The lowest BCUT2D eigenvalue weighted by Gasteiger charge is -2.14. The van der Waals surface area contributed by atoms with Crippen molar-refractivity contribution in [1.29, 1.82) is 0 Å². The molecule has 3 nitrogen and oxygen atoms in total. The molecule has 0 aliphatic heterocycles. The highest BCUT2D eigenvalue weighted by Gasteiger charge is 2.16. The molecule has 1 fully saturated rings. The molecular formula is C13H19NO2. The largest absolute Gasteiger partial charge is 0.493 e. The van der Waals surface area contributed by atoms with Crippen LogP contribution in [0.2, 0.25) is 0 Å². The summed E-state index contributed by atoms with van der Waals surface area (Å²) in [5.41, 5.74) is 6.44. The smallest absolute Gasteiger partial charge is 0.163 e. The molecule has 2 N–H and O–H groups in total. The predicted molar refractivity (Wildman–Crippen MR) is 64.9 cm³/mol. The molecule has 0 atom stereocenters. The molecular weight excluding hydrogens is 202 g/mol. The zero-order valence-corrected chi connectivity index (χ0v) is 9.74. The number of hydrogen-bond acceptors (Lipinski definition) is 3. The molecule has 0 amide bonds. The van der Waals surface area contributed by atoms with Crippen molar-refractivity contribution in [2.45, 2.75) is 25.7 Å². The number of hydrogen-bond donors (Lipinski definition) is 1. The van der Waals surface area contributed by atoms with Gasteiger partial charge in [0.25, 0.3) is 0 Å². The summed E-state index contributed by atoms with van der Waals surface area (Å²) in [5, 5.41) is 0. The van der Waals surface area contributed by atoms with Crippen molar-refractivity contribution < 1.29 is 9.47 Å². The van der Waals surface area contributed by atoms with Gasteiger partial charge in [-0.05, 0) is 30.9 Å². The highest BCUT2D eigenvalue weighted by molar-refractivity contribution is 5.51. The van der Waals surface area contributed by atoms with Gasteiger partial charge in [-0.2, -0.15) is 0 Å². The maximum absolute atomic E-state index is 5.79. The van der Waals surface area contributed by atoms with E-state index in [0.717, 1.165) is 18.1 Å². The van der Waals surface area contributed by atoms with Gasteiger partial charge in [0.1, 0.15) is 0 Å². The van der Waals surface area contributed by atoms with E-state index in [1.165, 1.54) is 25.7 Å². The van der Waals surface area contributed by atoms with E-state index < -0.39 is 0 Å². The highest BCUT2D eigenvalue weighted by atomic mass is 16.5. The minimum Gasteiger partial charge on any atom is -0.493 e. The number of methoxy groups -OCH3 is 1. The summed E-state index contributed by atoms with van der Waals surface area (Å²) < 4.78 is 11.0. The highest BCUT2D eigenvalue weighted by Crippen LogP contribution is 2.31. The number of rotatable bonds is 4. The van der Waals surface area contributed by atoms with Gasteiger partial charge in [-0.3, -0.25) is 0 Å². The first-order valence-electron chi connectivity index (χ1n) is 5.86. The molecule has 1 aliphatic carbocycles.